The van der Waals surface area contributed by atoms with Crippen LogP contribution in [0.25, 0.3) is 0 Å². The van der Waals surface area contributed by atoms with Crippen LogP contribution in [0.4, 0.5) is 0 Å². The summed E-state index contributed by atoms with van der Waals surface area (Å²) >= 11 is 2.00. The van der Waals surface area contributed by atoms with Crippen LogP contribution in [0.3, 0.4) is 0 Å². The van der Waals surface area contributed by atoms with E-state index in [1.165, 1.54) is 6.42 Å². The summed E-state index contributed by atoms with van der Waals surface area (Å²) in [7, 11) is 0. The Morgan fingerprint density at radius 3 is 2.89 bits per heavy atom. The molecule has 0 spiro atoms. The van der Waals surface area contributed by atoms with Gasteiger partial charge in [-0.1, -0.05) is 6.92 Å². The smallest absolute Gasteiger partial charge is 0.222 e. The molecule has 0 aromatic rings. The fourth-order valence-corrected chi connectivity index (χ4v) is 3.54. The molecular weight excluding hydrogens is 248 g/mol. The van der Waals surface area contributed by atoms with Crippen molar-refractivity contribution >= 4 is 17.7 Å². The second-order valence-corrected chi connectivity index (χ2v) is 6.25. The highest BCUT2D eigenvalue weighted by atomic mass is 32.2. The van der Waals surface area contributed by atoms with Crippen molar-refractivity contribution in [1.29, 1.82) is 0 Å². The Morgan fingerprint density at radius 2 is 2.28 bits per heavy atom. The Labute approximate surface area is 114 Å². The van der Waals surface area contributed by atoms with Crippen molar-refractivity contribution in [3.8, 4) is 0 Å². The predicted octanol–water partition coefficient (Wildman–Crippen LogP) is 1.53. The van der Waals surface area contributed by atoms with Gasteiger partial charge in [0, 0.05) is 24.4 Å². The van der Waals surface area contributed by atoms with Gasteiger partial charge in [0.15, 0.2) is 0 Å². The molecule has 18 heavy (non-hydrogen) atoms. The van der Waals surface area contributed by atoms with Crippen molar-refractivity contribution < 1.29 is 9.53 Å². The number of carbonyl (C=O) groups is 1. The van der Waals surface area contributed by atoms with E-state index in [9.17, 15) is 4.79 Å². The summed E-state index contributed by atoms with van der Waals surface area (Å²) in [5.41, 5.74) is 5.57. The van der Waals surface area contributed by atoms with Crippen molar-refractivity contribution in [2.24, 2.45) is 5.73 Å². The van der Waals surface area contributed by atoms with Gasteiger partial charge < -0.3 is 15.8 Å². The molecule has 1 rings (SSSR count). The summed E-state index contributed by atoms with van der Waals surface area (Å²) < 4.78 is 5.40. The van der Waals surface area contributed by atoms with Gasteiger partial charge in [-0.15, -0.1) is 0 Å². The Hall–Kier alpha value is -0.260. The second-order valence-electron chi connectivity index (χ2n) is 4.67. The van der Waals surface area contributed by atoms with Crippen LogP contribution >= 0.6 is 11.8 Å². The minimum absolute atomic E-state index is 0.0750. The highest BCUT2D eigenvalue weighted by molar-refractivity contribution is 7.99. The minimum Gasteiger partial charge on any atom is -0.377 e. The zero-order valence-electron chi connectivity index (χ0n) is 11.5. The lowest BCUT2D eigenvalue weighted by atomic mass is 10.2. The van der Waals surface area contributed by atoms with Crippen molar-refractivity contribution in [2.45, 2.75) is 56.9 Å². The van der Waals surface area contributed by atoms with Crippen molar-refractivity contribution in [3.05, 3.63) is 0 Å². The summed E-state index contributed by atoms with van der Waals surface area (Å²) in [6, 6.07) is 0.349. The molecule has 5 heteroatoms. The average Bonchev–Trinajstić information content (AvgIpc) is 2.76. The number of carbonyl (C=O) groups excluding carboxylic acids is 1. The first-order chi connectivity index (χ1) is 8.69. The van der Waals surface area contributed by atoms with Crippen LogP contribution in [0.5, 0.6) is 0 Å². The number of rotatable bonds is 8. The number of hydrogen-bond acceptors (Lipinski definition) is 4. The lowest BCUT2D eigenvalue weighted by molar-refractivity contribution is -0.124. The number of thioether (sulfide) groups is 1. The molecule has 0 aromatic carbocycles. The molecule has 0 bridgehead atoms. The van der Waals surface area contributed by atoms with Gasteiger partial charge in [-0.2, -0.15) is 11.8 Å². The molecule has 3 N–H and O–H groups in total. The molecule has 0 heterocycles. The lowest BCUT2D eigenvalue weighted by Crippen LogP contribution is -2.37. The zero-order valence-corrected chi connectivity index (χ0v) is 12.3. The van der Waals surface area contributed by atoms with E-state index in [-0.39, 0.29) is 12.0 Å². The first kappa shape index (κ1) is 15.8. The maximum Gasteiger partial charge on any atom is 0.222 e. The van der Waals surface area contributed by atoms with Gasteiger partial charge in [0.05, 0.1) is 12.5 Å². The third-order valence-corrected chi connectivity index (χ3v) is 4.46. The quantitative estimate of drug-likeness (QED) is 0.704. The summed E-state index contributed by atoms with van der Waals surface area (Å²) in [5.74, 6) is 1.23. The summed E-state index contributed by atoms with van der Waals surface area (Å²) in [6.07, 6.45) is 3.66. The standard InChI is InChI=1S/C13H26N2O2S/c1-3-17-11(9-14)8-13(16)15-10-5-6-12(7-10)18-4-2/h10-12H,3-9,14H2,1-2H3,(H,15,16). The molecule has 0 aromatic heterocycles. The topological polar surface area (TPSA) is 64.3 Å². The Balaban J connectivity index is 2.24. The number of hydrogen-bond donors (Lipinski definition) is 2. The van der Waals surface area contributed by atoms with Gasteiger partial charge in [0.2, 0.25) is 5.91 Å². The van der Waals surface area contributed by atoms with Gasteiger partial charge >= 0.3 is 0 Å². The summed E-state index contributed by atoms with van der Waals surface area (Å²) in [4.78, 5) is 11.9. The van der Waals surface area contributed by atoms with Gasteiger partial charge in [-0.05, 0) is 31.9 Å². The molecule has 1 aliphatic rings. The van der Waals surface area contributed by atoms with E-state index in [1.54, 1.807) is 0 Å². The first-order valence-electron chi connectivity index (χ1n) is 6.92. The third-order valence-electron chi connectivity index (χ3n) is 3.23. The minimum atomic E-state index is -0.141. The monoisotopic (exact) mass is 274 g/mol. The maximum atomic E-state index is 11.9. The summed E-state index contributed by atoms with van der Waals surface area (Å²) in [5, 5.41) is 3.82. The number of nitrogens with two attached hydrogens (primary N) is 1. The van der Waals surface area contributed by atoms with Gasteiger partial charge in [-0.25, -0.2) is 0 Å². The van der Waals surface area contributed by atoms with Gasteiger partial charge in [-0.3, -0.25) is 4.79 Å². The fraction of sp³-hybridized carbons (Fsp3) is 0.923. The molecule has 4 nitrogen and oxygen atoms in total. The first-order valence-corrected chi connectivity index (χ1v) is 7.97. The van der Waals surface area contributed by atoms with Crippen LogP contribution < -0.4 is 11.1 Å². The SMILES string of the molecule is CCOC(CN)CC(=O)NC1CCC(SCC)C1. The molecule has 0 saturated heterocycles. The molecule has 1 amide bonds. The maximum absolute atomic E-state index is 11.9. The predicted molar refractivity (Wildman–Crippen MR) is 76.8 cm³/mol. The number of ether oxygens (including phenoxy) is 1. The van der Waals surface area contributed by atoms with Gasteiger partial charge in [0.25, 0.3) is 0 Å². The zero-order chi connectivity index (χ0) is 13.4. The van der Waals surface area contributed by atoms with Crippen molar-refractivity contribution in [3.63, 3.8) is 0 Å². The highest BCUT2D eigenvalue weighted by Gasteiger charge is 2.26. The van der Waals surface area contributed by atoms with Crippen LogP contribution in [0.15, 0.2) is 0 Å². The Morgan fingerprint density at radius 1 is 1.50 bits per heavy atom. The van der Waals surface area contributed by atoms with Crippen LogP contribution in [0, 0.1) is 0 Å². The second kappa shape index (κ2) is 8.77. The molecule has 3 atom stereocenters. The van der Waals surface area contributed by atoms with Crippen LogP contribution in [-0.4, -0.2) is 42.2 Å². The molecule has 3 unspecified atom stereocenters. The molecule has 106 valence electrons. The lowest BCUT2D eigenvalue weighted by Gasteiger charge is -2.17. The highest BCUT2D eigenvalue weighted by Crippen LogP contribution is 2.29. The van der Waals surface area contributed by atoms with Crippen molar-refractivity contribution in [2.75, 3.05) is 18.9 Å². The fourth-order valence-electron chi connectivity index (χ4n) is 2.40. The molecule has 0 radical (unpaired) electrons. The molecular formula is C13H26N2O2S. The molecule has 1 aliphatic carbocycles. The normalized spacial score (nSPS) is 25.1. The van der Waals surface area contributed by atoms with E-state index in [2.05, 4.69) is 12.2 Å². The van der Waals surface area contributed by atoms with E-state index in [4.69, 9.17) is 10.5 Å². The van der Waals surface area contributed by atoms with Crippen molar-refractivity contribution in [1.82, 2.24) is 5.32 Å². The average molecular weight is 274 g/mol. The Bertz CT molecular complexity index is 251. The molecule has 0 aliphatic heterocycles. The molecule has 1 saturated carbocycles. The summed E-state index contributed by atoms with van der Waals surface area (Å²) in [6.45, 7) is 5.11. The Kier molecular flexibility index (Phi) is 7.70. The number of nitrogens with one attached hydrogen (secondary N) is 1. The number of amides is 1. The van der Waals surface area contributed by atoms with E-state index in [0.29, 0.717) is 25.6 Å². The van der Waals surface area contributed by atoms with E-state index in [0.717, 1.165) is 23.8 Å². The van der Waals surface area contributed by atoms with E-state index < -0.39 is 0 Å². The van der Waals surface area contributed by atoms with E-state index >= 15 is 0 Å². The molecule has 1 fully saturated rings. The van der Waals surface area contributed by atoms with Crippen LogP contribution in [0.2, 0.25) is 0 Å². The van der Waals surface area contributed by atoms with E-state index in [1.807, 2.05) is 18.7 Å². The third kappa shape index (κ3) is 5.59. The van der Waals surface area contributed by atoms with Crippen LogP contribution in [-0.2, 0) is 9.53 Å². The van der Waals surface area contributed by atoms with Gasteiger partial charge in [0.1, 0.15) is 0 Å². The van der Waals surface area contributed by atoms with Crippen LogP contribution in [0.1, 0.15) is 39.5 Å². The largest absolute Gasteiger partial charge is 0.377 e.